The summed E-state index contributed by atoms with van der Waals surface area (Å²) in [5.41, 5.74) is 2.96. The number of fused-ring (bicyclic) bond motifs is 2. The molecule has 1 saturated heterocycles. The van der Waals surface area contributed by atoms with Crippen molar-refractivity contribution < 1.29 is 19.4 Å². The molecule has 0 radical (unpaired) electrons. The summed E-state index contributed by atoms with van der Waals surface area (Å²) >= 11 is 1.81. The van der Waals surface area contributed by atoms with Crippen LogP contribution in [-0.2, 0) is 14.9 Å². The number of hydrogen-bond acceptors (Lipinski definition) is 8. The maximum absolute atomic E-state index is 12.9. The van der Waals surface area contributed by atoms with Gasteiger partial charge in [-0.25, -0.2) is 0 Å². The Labute approximate surface area is 241 Å². The quantitative estimate of drug-likeness (QED) is 0.242. The number of nitrogens with one attached hydrogen (secondary N) is 1. The van der Waals surface area contributed by atoms with E-state index >= 15 is 0 Å². The van der Waals surface area contributed by atoms with Crippen molar-refractivity contribution in [1.82, 2.24) is 10.2 Å². The molecule has 0 aliphatic carbocycles. The molecule has 1 fully saturated rings. The standard InChI is InChI=1S/C31H42N4O4S/c1-4-32-30(37)39-22-35-27-20-23(10-11-25(27)31(2,3)21-29(35)36)38-18-6-5-13-33-14-16-34(17-15-33)26-8-7-9-28-24(26)12-19-40-28/h7-12,19-20,30,32,37H,4-6,13-18,21-22H2,1-3H3. The number of carbonyl (C=O) groups excluding carboxylic acids is 1. The van der Waals surface area contributed by atoms with Crippen molar-refractivity contribution in [3.63, 3.8) is 0 Å². The van der Waals surface area contributed by atoms with Gasteiger partial charge in [0.2, 0.25) is 12.3 Å². The topological polar surface area (TPSA) is 77.5 Å². The number of thiophene rings is 1. The van der Waals surface area contributed by atoms with Gasteiger partial charge in [-0.05, 0) is 61.1 Å². The highest BCUT2D eigenvalue weighted by molar-refractivity contribution is 7.17. The van der Waals surface area contributed by atoms with E-state index in [9.17, 15) is 9.90 Å². The van der Waals surface area contributed by atoms with Crippen molar-refractivity contribution in [2.75, 3.05) is 62.4 Å². The third kappa shape index (κ3) is 6.61. The lowest BCUT2D eigenvalue weighted by atomic mass is 9.77. The molecule has 40 heavy (non-hydrogen) atoms. The first-order valence-electron chi connectivity index (χ1n) is 14.4. The van der Waals surface area contributed by atoms with Gasteiger partial charge in [-0.2, -0.15) is 0 Å². The number of aliphatic hydroxyl groups is 1. The van der Waals surface area contributed by atoms with E-state index < -0.39 is 6.41 Å². The zero-order chi connectivity index (χ0) is 28.1. The Morgan fingerprint density at radius 2 is 1.90 bits per heavy atom. The van der Waals surface area contributed by atoms with E-state index in [1.54, 1.807) is 4.90 Å². The maximum atomic E-state index is 12.9. The summed E-state index contributed by atoms with van der Waals surface area (Å²) in [6.07, 6.45) is 1.32. The molecule has 0 bridgehead atoms. The van der Waals surface area contributed by atoms with Crippen LogP contribution in [0.3, 0.4) is 0 Å². The first-order chi connectivity index (χ1) is 19.4. The molecule has 5 rings (SSSR count). The molecule has 3 heterocycles. The molecule has 9 heteroatoms. The highest BCUT2D eigenvalue weighted by Gasteiger charge is 2.37. The zero-order valence-corrected chi connectivity index (χ0v) is 24.7. The van der Waals surface area contributed by atoms with Gasteiger partial charge in [0, 0.05) is 59.9 Å². The van der Waals surface area contributed by atoms with E-state index in [-0.39, 0.29) is 18.1 Å². The van der Waals surface area contributed by atoms with E-state index in [4.69, 9.17) is 9.47 Å². The molecule has 0 spiro atoms. The molecule has 2 N–H and O–H groups in total. The normalized spacial score (nSPS) is 18.2. The third-order valence-corrected chi connectivity index (χ3v) is 8.83. The molecular weight excluding hydrogens is 524 g/mol. The first kappa shape index (κ1) is 28.8. The van der Waals surface area contributed by atoms with Crippen LogP contribution in [0.2, 0.25) is 0 Å². The van der Waals surface area contributed by atoms with Crippen LogP contribution in [0.25, 0.3) is 10.1 Å². The minimum Gasteiger partial charge on any atom is -0.494 e. The average molecular weight is 567 g/mol. The Kier molecular flexibility index (Phi) is 9.27. The van der Waals surface area contributed by atoms with Crippen LogP contribution >= 0.6 is 11.3 Å². The number of ether oxygens (including phenoxy) is 2. The van der Waals surface area contributed by atoms with Crippen LogP contribution < -0.4 is 19.9 Å². The number of anilines is 2. The summed E-state index contributed by atoms with van der Waals surface area (Å²) in [4.78, 5) is 19.6. The second-order valence-electron chi connectivity index (χ2n) is 11.3. The van der Waals surface area contributed by atoms with Crippen molar-refractivity contribution in [3.05, 3.63) is 53.4 Å². The number of unbranched alkanes of at least 4 members (excludes halogenated alkanes) is 1. The highest BCUT2D eigenvalue weighted by atomic mass is 32.1. The third-order valence-electron chi connectivity index (χ3n) is 7.95. The van der Waals surface area contributed by atoms with Gasteiger partial charge in [-0.3, -0.25) is 19.9 Å². The van der Waals surface area contributed by atoms with Gasteiger partial charge < -0.3 is 19.5 Å². The van der Waals surface area contributed by atoms with Gasteiger partial charge in [-0.1, -0.05) is 32.9 Å². The predicted molar refractivity (Wildman–Crippen MR) is 162 cm³/mol. The van der Waals surface area contributed by atoms with Crippen LogP contribution in [-0.4, -0.2) is 74.9 Å². The van der Waals surface area contributed by atoms with E-state index in [1.165, 1.54) is 15.8 Å². The van der Waals surface area contributed by atoms with Gasteiger partial charge >= 0.3 is 0 Å². The number of nitrogens with zero attached hydrogens (tertiary/aromatic N) is 3. The zero-order valence-electron chi connectivity index (χ0n) is 23.9. The fraction of sp³-hybridized carbons (Fsp3) is 0.516. The molecule has 1 unspecified atom stereocenters. The number of aliphatic hydroxyl groups excluding tert-OH is 1. The Morgan fingerprint density at radius 3 is 2.70 bits per heavy atom. The molecule has 1 aromatic heterocycles. The Hall–Kier alpha value is -2.69. The van der Waals surface area contributed by atoms with Gasteiger partial charge in [0.25, 0.3) is 0 Å². The Morgan fingerprint density at radius 1 is 1.07 bits per heavy atom. The maximum Gasteiger partial charge on any atom is 0.229 e. The van der Waals surface area contributed by atoms with Crippen molar-refractivity contribution in [2.45, 2.75) is 51.9 Å². The second-order valence-corrected chi connectivity index (χ2v) is 12.2. The van der Waals surface area contributed by atoms with Crippen molar-refractivity contribution >= 4 is 38.7 Å². The van der Waals surface area contributed by atoms with Gasteiger partial charge in [-0.15, -0.1) is 11.3 Å². The van der Waals surface area contributed by atoms with Crippen LogP contribution in [0.1, 0.15) is 45.6 Å². The molecule has 1 amide bonds. The van der Waals surface area contributed by atoms with E-state index in [2.05, 4.69) is 64.7 Å². The number of rotatable bonds is 12. The number of amides is 1. The average Bonchev–Trinajstić information content (AvgIpc) is 3.42. The number of carbonyl (C=O) groups is 1. The van der Waals surface area contributed by atoms with Crippen molar-refractivity contribution in [3.8, 4) is 5.75 Å². The predicted octanol–water partition coefficient (Wildman–Crippen LogP) is 4.76. The summed E-state index contributed by atoms with van der Waals surface area (Å²) < 4.78 is 13.0. The summed E-state index contributed by atoms with van der Waals surface area (Å²) in [7, 11) is 0. The molecule has 2 aliphatic rings. The first-order valence-corrected chi connectivity index (χ1v) is 15.3. The van der Waals surface area contributed by atoms with Gasteiger partial charge in [0.1, 0.15) is 12.5 Å². The minimum absolute atomic E-state index is 0.0186. The van der Waals surface area contributed by atoms with Crippen LogP contribution in [0.15, 0.2) is 47.8 Å². The summed E-state index contributed by atoms with van der Waals surface area (Å²) in [6.45, 7) is 12.6. The number of hydrogen-bond donors (Lipinski definition) is 2. The lowest BCUT2D eigenvalue weighted by Gasteiger charge is -2.38. The molecule has 2 aliphatic heterocycles. The monoisotopic (exact) mass is 566 g/mol. The molecule has 3 aromatic rings. The molecule has 8 nitrogen and oxygen atoms in total. The largest absolute Gasteiger partial charge is 0.494 e. The fourth-order valence-corrected chi connectivity index (χ4v) is 6.52. The minimum atomic E-state index is -1.12. The molecule has 2 aromatic carbocycles. The van der Waals surface area contributed by atoms with E-state index in [0.29, 0.717) is 19.6 Å². The summed E-state index contributed by atoms with van der Waals surface area (Å²) in [5, 5.41) is 16.3. The second kappa shape index (κ2) is 12.9. The summed E-state index contributed by atoms with van der Waals surface area (Å²) in [6, 6.07) is 14.8. The Balaban J connectivity index is 1.09. The van der Waals surface area contributed by atoms with Crippen molar-refractivity contribution in [1.29, 1.82) is 0 Å². The smallest absolute Gasteiger partial charge is 0.229 e. The Bertz CT molecular complexity index is 1290. The fourth-order valence-electron chi connectivity index (χ4n) is 5.71. The molecule has 1 atom stereocenters. The van der Waals surface area contributed by atoms with E-state index in [1.807, 2.05) is 30.4 Å². The molecule has 216 valence electrons. The van der Waals surface area contributed by atoms with E-state index in [0.717, 1.165) is 62.6 Å². The van der Waals surface area contributed by atoms with Crippen molar-refractivity contribution in [2.24, 2.45) is 0 Å². The van der Waals surface area contributed by atoms with Gasteiger partial charge in [0.05, 0.1) is 12.3 Å². The lowest BCUT2D eigenvalue weighted by Crippen LogP contribution is -2.46. The SMILES string of the molecule is CCNC(O)OCN1C(=O)CC(C)(C)c2ccc(OCCCCN3CCN(c4cccc5sccc45)CC3)cc21. The van der Waals surface area contributed by atoms with Crippen LogP contribution in [0.4, 0.5) is 11.4 Å². The lowest BCUT2D eigenvalue weighted by molar-refractivity contribution is -0.132. The summed E-state index contributed by atoms with van der Waals surface area (Å²) in [5.74, 6) is 0.725. The molecular formula is C31H42N4O4S. The number of benzene rings is 2. The highest BCUT2D eigenvalue weighted by Crippen LogP contribution is 2.42. The van der Waals surface area contributed by atoms with Crippen LogP contribution in [0, 0.1) is 0 Å². The van der Waals surface area contributed by atoms with Crippen LogP contribution in [0.5, 0.6) is 5.75 Å². The number of piperazine rings is 1. The molecule has 0 saturated carbocycles. The van der Waals surface area contributed by atoms with Gasteiger partial charge in [0.15, 0.2) is 0 Å².